The summed E-state index contributed by atoms with van der Waals surface area (Å²) in [5.74, 6) is -1.91. The van der Waals surface area contributed by atoms with Crippen molar-refractivity contribution in [2.24, 2.45) is 5.41 Å². The van der Waals surface area contributed by atoms with Gasteiger partial charge in [0, 0.05) is 12.6 Å². The Morgan fingerprint density at radius 1 is 1.47 bits per heavy atom. The molecule has 0 saturated carbocycles. The molecule has 2 heterocycles. The molecule has 1 aromatic heterocycles. The maximum Gasteiger partial charge on any atom is 0.354 e. The minimum atomic E-state index is -1.10. The van der Waals surface area contributed by atoms with Crippen LogP contribution in [-0.4, -0.2) is 27.9 Å². The summed E-state index contributed by atoms with van der Waals surface area (Å²) in [5.41, 5.74) is -0.130. The molecule has 2 atom stereocenters. The zero-order valence-corrected chi connectivity index (χ0v) is 10.6. The lowest BCUT2D eigenvalue weighted by atomic mass is 9.73. The number of nitrogens with zero attached hydrogens (tertiary/aromatic N) is 1. The first-order chi connectivity index (χ1) is 8.84. The summed E-state index contributed by atoms with van der Waals surface area (Å²) in [4.78, 5) is 37.7. The van der Waals surface area contributed by atoms with Gasteiger partial charge in [0.15, 0.2) is 0 Å². The molecule has 1 aliphatic rings. The van der Waals surface area contributed by atoms with Gasteiger partial charge in [0.1, 0.15) is 5.69 Å². The number of aromatic nitrogens is 1. The van der Waals surface area contributed by atoms with Gasteiger partial charge in [-0.05, 0) is 24.5 Å². The normalized spacial score (nSPS) is 24.1. The molecule has 1 fully saturated rings. The van der Waals surface area contributed by atoms with Crippen LogP contribution in [0.25, 0.3) is 0 Å². The largest absolute Gasteiger partial charge is 0.477 e. The van der Waals surface area contributed by atoms with E-state index in [2.05, 4.69) is 10.3 Å². The fourth-order valence-corrected chi connectivity index (χ4v) is 2.23. The van der Waals surface area contributed by atoms with Gasteiger partial charge >= 0.3 is 5.97 Å². The number of nitrogens with one attached hydrogen (secondary N) is 1. The van der Waals surface area contributed by atoms with E-state index in [4.69, 9.17) is 5.11 Å². The summed E-state index contributed by atoms with van der Waals surface area (Å²) < 4.78 is 0. The molecule has 6 heteroatoms. The summed E-state index contributed by atoms with van der Waals surface area (Å²) in [6.45, 7) is 3.55. The Morgan fingerprint density at radius 3 is 2.58 bits per heavy atom. The van der Waals surface area contributed by atoms with E-state index < -0.39 is 11.4 Å². The Bertz CT molecular complexity index is 552. The molecule has 0 aliphatic carbocycles. The smallest absolute Gasteiger partial charge is 0.354 e. The number of carboxylic acid groups (broad SMARTS) is 1. The number of carbonyl (C=O) groups is 3. The van der Waals surface area contributed by atoms with Crippen molar-refractivity contribution in [2.75, 3.05) is 0 Å². The van der Waals surface area contributed by atoms with Crippen LogP contribution in [-0.2, 0) is 9.59 Å². The van der Waals surface area contributed by atoms with Crippen molar-refractivity contribution in [3.05, 3.63) is 29.6 Å². The van der Waals surface area contributed by atoms with Crippen LogP contribution in [0.2, 0.25) is 0 Å². The molecule has 19 heavy (non-hydrogen) atoms. The highest BCUT2D eigenvalue weighted by Gasteiger charge is 2.47. The van der Waals surface area contributed by atoms with Crippen LogP contribution in [0.4, 0.5) is 0 Å². The number of aromatic carboxylic acids is 1. The van der Waals surface area contributed by atoms with Gasteiger partial charge in [0.05, 0.1) is 5.41 Å². The first-order valence-corrected chi connectivity index (χ1v) is 5.88. The highest BCUT2D eigenvalue weighted by atomic mass is 16.4. The predicted molar refractivity (Wildman–Crippen MR) is 65.5 cm³/mol. The first kappa shape index (κ1) is 13.2. The molecule has 1 saturated heterocycles. The third-order valence-electron chi connectivity index (χ3n) is 3.76. The van der Waals surface area contributed by atoms with Gasteiger partial charge in [0.25, 0.3) is 0 Å². The molecule has 0 unspecified atom stereocenters. The van der Waals surface area contributed by atoms with Crippen molar-refractivity contribution in [1.82, 2.24) is 10.3 Å². The van der Waals surface area contributed by atoms with Crippen LogP contribution in [0.15, 0.2) is 18.3 Å². The average Bonchev–Trinajstić information content (AvgIpc) is 2.63. The Hall–Kier alpha value is -2.24. The fourth-order valence-electron chi connectivity index (χ4n) is 2.23. The van der Waals surface area contributed by atoms with Gasteiger partial charge < -0.3 is 5.11 Å². The molecule has 0 radical (unpaired) electrons. The third kappa shape index (κ3) is 2.21. The molecule has 100 valence electrons. The quantitative estimate of drug-likeness (QED) is 0.790. The van der Waals surface area contributed by atoms with Crippen LogP contribution in [0.5, 0.6) is 0 Å². The minimum Gasteiger partial charge on any atom is -0.477 e. The highest BCUT2D eigenvalue weighted by Crippen LogP contribution is 2.41. The zero-order chi connectivity index (χ0) is 14.2. The van der Waals surface area contributed by atoms with Gasteiger partial charge in [-0.1, -0.05) is 13.0 Å². The number of carbonyl (C=O) groups excluding carboxylic acids is 2. The molecule has 2 rings (SSSR count). The number of imide groups is 1. The number of hydrogen-bond acceptors (Lipinski definition) is 4. The zero-order valence-electron chi connectivity index (χ0n) is 10.6. The summed E-state index contributed by atoms with van der Waals surface area (Å²) in [5, 5.41) is 11.1. The van der Waals surface area contributed by atoms with Gasteiger partial charge in [-0.25, -0.2) is 9.78 Å². The summed E-state index contributed by atoms with van der Waals surface area (Å²) in [7, 11) is 0. The number of hydrogen-bond donors (Lipinski definition) is 2. The lowest BCUT2D eigenvalue weighted by Gasteiger charge is -2.27. The number of carboxylic acids is 1. The van der Waals surface area contributed by atoms with E-state index >= 15 is 0 Å². The monoisotopic (exact) mass is 262 g/mol. The van der Waals surface area contributed by atoms with Crippen molar-refractivity contribution in [2.45, 2.75) is 26.2 Å². The van der Waals surface area contributed by atoms with Crippen molar-refractivity contribution < 1.29 is 19.5 Å². The second kappa shape index (κ2) is 4.46. The summed E-state index contributed by atoms with van der Waals surface area (Å²) >= 11 is 0. The Kier molecular flexibility index (Phi) is 3.09. The van der Waals surface area contributed by atoms with Gasteiger partial charge in [-0.2, -0.15) is 0 Å². The maximum absolute atomic E-state index is 11.8. The topological polar surface area (TPSA) is 96.4 Å². The second-order valence-electron chi connectivity index (χ2n) is 4.98. The molecule has 1 aromatic rings. The predicted octanol–water partition coefficient (Wildman–Crippen LogP) is 0.936. The molecule has 0 spiro atoms. The summed E-state index contributed by atoms with van der Waals surface area (Å²) in [6, 6.07) is 3.02. The molecule has 0 aromatic carbocycles. The Labute approximate surface area is 109 Å². The van der Waals surface area contributed by atoms with Gasteiger partial charge in [-0.15, -0.1) is 0 Å². The van der Waals surface area contributed by atoms with E-state index in [1.165, 1.54) is 12.3 Å². The molecule has 6 nitrogen and oxygen atoms in total. The Balaban J connectivity index is 2.29. The van der Waals surface area contributed by atoms with Crippen LogP contribution in [0.3, 0.4) is 0 Å². The SMILES string of the molecule is C[C@H](c1ccc(C(=O)O)nc1)[C@]1(C)CC(=O)NC1=O. The molecular formula is C13H14N2O4. The van der Waals surface area contributed by atoms with E-state index in [9.17, 15) is 14.4 Å². The van der Waals surface area contributed by atoms with Gasteiger partial charge in [-0.3, -0.25) is 14.9 Å². The molecule has 1 aliphatic heterocycles. The Morgan fingerprint density at radius 2 is 2.16 bits per heavy atom. The lowest BCUT2D eigenvalue weighted by molar-refractivity contribution is -0.128. The number of pyridine rings is 1. The van der Waals surface area contributed by atoms with Crippen molar-refractivity contribution in [1.29, 1.82) is 0 Å². The van der Waals surface area contributed by atoms with E-state index in [0.29, 0.717) is 0 Å². The molecule has 0 bridgehead atoms. The standard InChI is InChI=1S/C13H14N2O4/c1-7(13(2)5-10(16)15-12(13)19)8-3-4-9(11(17)18)14-6-8/h3-4,6-7H,5H2,1-2H3,(H,17,18)(H,15,16,19)/t7-,13+/m1/s1. The summed E-state index contributed by atoms with van der Waals surface area (Å²) in [6.07, 6.45) is 1.57. The number of rotatable bonds is 3. The van der Waals surface area contributed by atoms with Crippen molar-refractivity contribution >= 4 is 17.8 Å². The van der Waals surface area contributed by atoms with E-state index in [0.717, 1.165) is 5.56 Å². The fraction of sp³-hybridized carbons (Fsp3) is 0.385. The second-order valence-corrected chi connectivity index (χ2v) is 4.98. The minimum absolute atomic E-state index is 0.0481. The molecular weight excluding hydrogens is 248 g/mol. The van der Waals surface area contributed by atoms with Crippen molar-refractivity contribution in [3.8, 4) is 0 Å². The maximum atomic E-state index is 11.8. The molecule has 2 amide bonds. The van der Waals surface area contributed by atoms with E-state index in [1.54, 1.807) is 13.0 Å². The van der Waals surface area contributed by atoms with E-state index in [-0.39, 0.29) is 29.8 Å². The van der Waals surface area contributed by atoms with Crippen LogP contribution in [0.1, 0.15) is 42.2 Å². The van der Waals surface area contributed by atoms with Crippen LogP contribution >= 0.6 is 0 Å². The lowest BCUT2D eigenvalue weighted by Crippen LogP contribution is -2.33. The van der Waals surface area contributed by atoms with Crippen molar-refractivity contribution in [3.63, 3.8) is 0 Å². The molecule has 2 N–H and O–H groups in total. The third-order valence-corrected chi connectivity index (χ3v) is 3.76. The van der Waals surface area contributed by atoms with Gasteiger partial charge in [0.2, 0.25) is 11.8 Å². The number of amides is 2. The van der Waals surface area contributed by atoms with Crippen LogP contribution in [0, 0.1) is 5.41 Å². The average molecular weight is 262 g/mol. The first-order valence-electron chi connectivity index (χ1n) is 5.88. The van der Waals surface area contributed by atoms with E-state index in [1.807, 2.05) is 6.92 Å². The van der Waals surface area contributed by atoms with Crippen LogP contribution < -0.4 is 5.32 Å². The highest BCUT2D eigenvalue weighted by molar-refractivity contribution is 6.06.